The number of halogens is 4. The molecule has 0 aliphatic heterocycles. The summed E-state index contributed by atoms with van der Waals surface area (Å²) in [5.74, 6) is -0.726. The second-order valence-electron chi connectivity index (χ2n) is 1.96. The molecule has 0 saturated heterocycles. The van der Waals surface area contributed by atoms with Crippen molar-refractivity contribution in [2.24, 2.45) is 0 Å². The maximum Gasteiger partial charge on any atom is 0.284 e. The van der Waals surface area contributed by atoms with Gasteiger partial charge in [-0.05, 0) is 6.07 Å². The Hall–Kier alpha value is -0.610. The summed E-state index contributed by atoms with van der Waals surface area (Å²) in [7, 11) is 0. The molecule has 0 saturated carbocycles. The van der Waals surface area contributed by atoms with Gasteiger partial charge in [0, 0.05) is 0 Å². The van der Waals surface area contributed by atoms with Crippen LogP contribution < -0.4 is 0 Å². The first-order valence-electron chi connectivity index (χ1n) is 2.85. The van der Waals surface area contributed by atoms with Gasteiger partial charge in [-0.1, -0.05) is 23.2 Å². The third-order valence-corrected chi connectivity index (χ3v) is 1.63. The van der Waals surface area contributed by atoms with E-state index in [4.69, 9.17) is 28.3 Å². The van der Waals surface area contributed by atoms with Gasteiger partial charge in [0.1, 0.15) is 5.15 Å². The Balaban J connectivity index is 3.28. The van der Waals surface area contributed by atoms with Crippen LogP contribution in [-0.4, -0.2) is 10.1 Å². The first-order valence-corrected chi connectivity index (χ1v) is 3.61. The van der Waals surface area contributed by atoms with E-state index >= 15 is 0 Å². The number of pyridine rings is 1. The molecule has 12 heavy (non-hydrogen) atoms. The lowest BCUT2D eigenvalue weighted by atomic mass is 10.3. The van der Waals surface area contributed by atoms with Gasteiger partial charge in [-0.2, -0.15) is 0 Å². The minimum Gasteiger partial charge on any atom is -0.504 e. The molecular weight excluding hydrogens is 211 g/mol. The minimum absolute atomic E-state index is 0.173. The van der Waals surface area contributed by atoms with E-state index in [1.807, 2.05) is 0 Å². The second kappa shape index (κ2) is 3.41. The zero-order valence-corrected chi connectivity index (χ0v) is 7.07. The van der Waals surface area contributed by atoms with Crippen LogP contribution in [0.1, 0.15) is 12.1 Å². The predicted molar refractivity (Wildman–Crippen MR) is 40.9 cm³/mol. The molecule has 0 amide bonds. The van der Waals surface area contributed by atoms with Crippen LogP contribution in [0.15, 0.2) is 6.07 Å². The van der Waals surface area contributed by atoms with E-state index in [9.17, 15) is 8.78 Å². The van der Waals surface area contributed by atoms with E-state index in [2.05, 4.69) is 4.98 Å². The SMILES string of the molecule is Oc1c(Cl)cc(Cl)nc1C(F)F. The highest BCUT2D eigenvalue weighted by Crippen LogP contribution is 2.34. The molecule has 0 aliphatic carbocycles. The fourth-order valence-electron chi connectivity index (χ4n) is 0.648. The summed E-state index contributed by atoms with van der Waals surface area (Å²) in [6.07, 6.45) is -2.89. The lowest BCUT2D eigenvalue weighted by Crippen LogP contribution is -1.91. The Morgan fingerprint density at radius 3 is 2.50 bits per heavy atom. The fourth-order valence-corrected chi connectivity index (χ4v) is 1.10. The Morgan fingerprint density at radius 1 is 1.42 bits per heavy atom. The summed E-state index contributed by atoms with van der Waals surface area (Å²) < 4.78 is 24.1. The van der Waals surface area contributed by atoms with Crippen molar-refractivity contribution in [1.82, 2.24) is 4.98 Å². The monoisotopic (exact) mass is 213 g/mol. The number of aromatic nitrogens is 1. The van der Waals surface area contributed by atoms with E-state index in [0.717, 1.165) is 6.07 Å². The summed E-state index contributed by atoms with van der Waals surface area (Å²) in [6.45, 7) is 0. The molecule has 0 atom stereocenters. The maximum atomic E-state index is 12.0. The van der Waals surface area contributed by atoms with E-state index in [1.54, 1.807) is 0 Å². The Labute approximate surface area is 76.7 Å². The lowest BCUT2D eigenvalue weighted by molar-refractivity contribution is 0.142. The van der Waals surface area contributed by atoms with Crippen molar-refractivity contribution in [1.29, 1.82) is 0 Å². The average molecular weight is 214 g/mol. The van der Waals surface area contributed by atoms with Crippen LogP contribution in [0.3, 0.4) is 0 Å². The number of rotatable bonds is 1. The Morgan fingerprint density at radius 2 is 2.00 bits per heavy atom. The summed E-state index contributed by atoms with van der Waals surface area (Å²) in [5, 5.41) is 8.56. The van der Waals surface area contributed by atoms with Crippen molar-refractivity contribution in [2.75, 3.05) is 0 Å². The molecule has 0 spiro atoms. The van der Waals surface area contributed by atoms with Gasteiger partial charge < -0.3 is 5.11 Å². The lowest BCUT2D eigenvalue weighted by Gasteiger charge is -2.03. The van der Waals surface area contributed by atoms with Crippen LogP contribution in [0.4, 0.5) is 8.78 Å². The van der Waals surface area contributed by atoms with Crippen LogP contribution in [0.25, 0.3) is 0 Å². The standard InChI is InChI=1S/C6H3Cl2F2NO/c7-2-1-3(8)11-4(5(2)12)6(9)10/h1,6,12H. The number of hydrogen-bond acceptors (Lipinski definition) is 2. The molecule has 0 aromatic carbocycles. The quantitative estimate of drug-likeness (QED) is 0.728. The van der Waals surface area contributed by atoms with Gasteiger partial charge in [0.05, 0.1) is 5.02 Å². The van der Waals surface area contributed by atoms with Gasteiger partial charge in [0.15, 0.2) is 11.4 Å². The molecule has 0 radical (unpaired) electrons. The van der Waals surface area contributed by atoms with Crippen LogP contribution in [0, 0.1) is 0 Å². The normalized spacial score (nSPS) is 10.8. The van der Waals surface area contributed by atoms with Crippen LogP contribution >= 0.6 is 23.2 Å². The smallest absolute Gasteiger partial charge is 0.284 e. The van der Waals surface area contributed by atoms with Crippen molar-refractivity contribution in [3.05, 3.63) is 21.9 Å². The van der Waals surface area contributed by atoms with Crippen molar-refractivity contribution in [3.63, 3.8) is 0 Å². The number of alkyl halides is 2. The van der Waals surface area contributed by atoms with Gasteiger partial charge in [0.2, 0.25) is 0 Å². The van der Waals surface area contributed by atoms with E-state index in [-0.39, 0.29) is 10.2 Å². The van der Waals surface area contributed by atoms with E-state index in [1.165, 1.54) is 0 Å². The van der Waals surface area contributed by atoms with Gasteiger partial charge in [-0.15, -0.1) is 0 Å². The summed E-state index contributed by atoms with van der Waals surface area (Å²) >= 11 is 10.7. The van der Waals surface area contributed by atoms with Gasteiger partial charge >= 0.3 is 0 Å². The first-order chi connectivity index (χ1) is 5.52. The molecule has 1 rings (SSSR count). The molecule has 0 bridgehead atoms. The highest BCUT2D eigenvalue weighted by molar-refractivity contribution is 6.34. The van der Waals surface area contributed by atoms with Crippen molar-refractivity contribution >= 4 is 23.2 Å². The highest BCUT2D eigenvalue weighted by atomic mass is 35.5. The van der Waals surface area contributed by atoms with Gasteiger partial charge in [-0.3, -0.25) is 0 Å². The first kappa shape index (κ1) is 9.48. The fraction of sp³-hybridized carbons (Fsp3) is 0.167. The molecule has 66 valence electrons. The number of nitrogens with zero attached hydrogens (tertiary/aromatic N) is 1. The van der Waals surface area contributed by atoms with Crippen LogP contribution in [-0.2, 0) is 0 Å². The molecule has 0 fully saturated rings. The molecule has 1 aromatic heterocycles. The number of aromatic hydroxyl groups is 1. The number of hydrogen-bond donors (Lipinski definition) is 1. The average Bonchev–Trinajstić information content (AvgIpc) is 1.96. The third kappa shape index (κ3) is 1.76. The minimum atomic E-state index is -2.89. The molecular formula is C6H3Cl2F2NO. The zero-order chi connectivity index (χ0) is 9.30. The molecule has 1 heterocycles. The van der Waals surface area contributed by atoms with E-state index < -0.39 is 17.9 Å². The van der Waals surface area contributed by atoms with Crippen molar-refractivity contribution < 1.29 is 13.9 Å². The molecule has 0 aliphatic rings. The molecule has 2 nitrogen and oxygen atoms in total. The summed E-state index contributed by atoms with van der Waals surface area (Å²) in [6, 6.07) is 1.09. The van der Waals surface area contributed by atoms with Crippen LogP contribution in [0.5, 0.6) is 5.75 Å². The summed E-state index contributed by atoms with van der Waals surface area (Å²) in [4.78, 5) is 3.21. The highest BCUT2D eigenvalue weighted by Gasteiger charge is 2.17. The van der Waals surface area contributed by atoms with Crippen LogP contribution in [0.2, 0.25) is 10.2 Å². The third-order valence-electron chi connectivity index (χ3n) is 1.15. The Bertz CT molecular complexity index is 306. The van der Waals surface area contributed by atoms with Crippen molar-refractivity contribution in [2.45, 2.75) is 6.43 Å². The second-order valence-corrected chi connectivity index (χ2v) is 2.76. The molecule has 6 heteroatoms. The zero-order valence-electron chi connectivity index (χ0n) is 5.56. The van der Waals surface area contributed by atoms with Crippen molar-refractivity contribution in [3.8, 4) is 5.75 Å². The van der Waals surface area contributed by atoms with Gasteiger partial charge in [0.25, 0.3) is 6.43 Å². The van der Waals surface area contributed by atoms with E-state index in [0.29, 0.717) is 0 Å². The topological polar surface area (TPSA) is 33.1 Å². The molecule has 1 N–H and O–H groups in total. The maximum absolute atomic E-state index is 12.0. The molecule has 0 unspecified atom stereocenters. The summed E-state index contributed by atoms with van der Waals surface area (Å²) in [5.41, 5.74) is -0.799. The molecule has 1 aromatic rings. The predicted octanol–water partition coefficient (Wildman–Crippen LogP) is 3.03. The van der Waals surface area contributed by atoms with Gasteiger partial charge in [-0.25, -0.2) is 13.8 Å². The largest absolute Gasteiger partial charge is 0.504 e. The Kier molecular flexibility index (Phi) is 2.69.